The van der Waals surface area contributed by atoms with Crippen LogP contribution in [0.2, 0.25) is 0 Å². The van der Waals surface area contributed by atoms with Gasteiger partial charge in [0.25, 0.3) is 0 Å². The van der Waals surface area contributed by atoms with Crippen molar-refractivity contribution in [1.82, 2.24) is 15.5 Å². The molecule has 1 aliphatic rings. The highest BCUT2D eigenvalue weighted by Gasteiger charge is 2.33. The van der Waals surface area contributed by atoms with Crippen LogP contribution in [0, 0.1) is 5.82 Å². The first-order valence-corrected chi connectivity index (χ1v) is 9.94. The van der Waals surface area contributed by atoms with Crippen LogP contribution in [0.25, 0.3) is 0 Å². The highest BCUT2D eigenvalue weighted by atomic mass is 19.1. The van der Waals surface area contributed by atoms with Crippen molar-refractivity contribution < 1.29 is 18.0 Å². The Morgan fingerprint density at radius 1 is 1.13 bits per heavy atom. The molecule has 1 N–H and O–H groups in total. The molecular formula is C22H24F2N4O2. The van der Waals surface area contributed by atoms with Gasteiger partial charge >= 0.3 is 6.01 Å². The zero-order valence-corrected chi connectivity index (χ0v) is 16.7. The van der Waals surface area contributed by atoms with E-state index < -0.39 is 12.2 Å². The first-order chi connectivity index (χ1) is 14.6. The van der Waals surface area contributed by atoms with E-state index in [-0.39, 0.29) is 18.4 Å². The zero-order chi connectivity index (χ0) is 20.9. The number of hydrogen-bond donors (Lipinski definition) is 1. The van der Waals surface area contributed by atoms with Crippen molar-refractivity contribution in [2.24, 2.45) is 0 Å². The minimum Gasteiger partial charge on any atom is -0.497 e. The number of halogens is 2. The Labute approximate surface area is 173 Å². The number of nitrogens with one attached hydrogen (secondary N) is 1. The van der Waals surface area contributed by atoms with Crippen LogP contribution >= 0.6 is 0 Å². The van der Waals surface area contributed by atoms with Gasteiger partial charge in [0.05, 0.1) is 13.2 Å². The Balaban J connectivity index is 1.55. The van der Waals surface area contributed by atoms with Crippen molar-refractivity contribution in [3.8, 4) is 5.75 Å². The molecule has 1 unspecified atom stereocenters. The number of hydrogen-bond acceptors (Lipinski definition) is 6. The van der Waals surface area contributed by atoms with Crippen molar-refractivity contribution in [3.63, 3.8) is 0 Å². The van der Waals surface area contributed by atoms with Gasteiger partial charge in [-0.25, -0.2) is 8.78 Å². The number of aromatic nitrogens is 2. The van der Waals surface area contributed by atoms with Crippen LogP contribution < -0.4 is 15.0 Å². The molecule has 2 atom stereocenters. The molecule has 1 saturated heterocycles. The molecule has 6 nitrogen and oxygen atoms in total. The van der Waals surface area contributed by atoms with Gasteiger partial charge in [-0.05, 0) is 48.4 Å². The number of methoxy groups -OCH3 is 1. The summed E-state index contributed by atoms with van der Waals surface area (Å²) >= 11 is 0. The van der Waals surface area contributed by atoms with E-state index in [0.29, 0.717) is 31.8 Å². The minimum absolute atomic E-state index is 0.275. The van der Waals surface area contributed by atoms with E-state index in [1.165, 1.54) is 12.1 Å². The van der Waals surface area contributed by atoms with Gasteiger partial charge in [0.15, 0.2) is 5.82 Å². The molecular weight excluding hydrogens is 390 g/mol. The summed E-state index contributed by atoms with van der Waals surface area (Å²) in [6.45, 7) is 1.34. The van der Waals surface area contributed by atoms with E-state index in [0.717, 1.165) is 16.9 Å². The van der Waals surface area contributed by atoms with Gasteiger partial charge in [0.1, 0.15) is 17.7 Å². The molecule has 2 heterocycles. The lowest BCUT2D eigenvalue weighted by Crippen LogP contribution is -2.51. The van der Waals surface area contributed by atoms with E-state index in [9.17, 15) is 8.78 Å². The predicted molar refractivity (Wildman–Crippen MR) is 109 cm³/mol. The molecule has 4 rings (SSSR count). The molecule has 0 aliphatic carbocycles. The summed E-state index contributed by atoms with van der Waals surface area (Å²) < 4.78 is 38.7. The number of alkyl halides is 1. The van der Waals surface area contributed by atoms with Crippen molar-refractivity contribution in [1.29, 1.82) is 0 Å². The highest BCUT2D eigenvalue weighted by molar-refractivity contribution is 5.34. The predicted octanol–water partition coefficient (Wildman–Crippen LogP) is 3.51. The van der Waals surface area contributed by atoms with Gasteiger partial charge in [-0.2, -0.15) is 4.98 Å². The maximum atomic E-state index is 14.7. The molecule has 30 heavy (non-hydrogen) atoms. The Morgan fingerprint density at radius 3 is 2.57 bits per heavy atom. The molecule has 0 amide bonds. The third kappa shape index (κ3) is 4.76. The molecule has 0 bridgehead atoms. The normalized spacial score (nSPS) is 18.9. The summed E-state index contributed by atoms with van der Waals surface area (Å²) in [6, 6.07) is 13.7. The third-order valence-corrected chi connectivity index (χ3v) is 5.26. The van der Waals surface area contributed by atoms with E-state index in [2.05, 4.69) is 15.5 Å². The number of piperidine rings is 1. The Morgan fingerprint density at radius 2 is 1.87 bits per heavy atom. The lowest BCUT2D eigenvalue weighted by Gasteiger charge is -2.35. The molecule has 0 spiro atoms. The second-order valence-corrected chi connectivity index (χ2v) is 7.35. The van der Waals surface area contributed by atoms with Crippen molar-refractivity contribution in [3.05, 3.63) is 71.3 Å². The fourth-order valence-corrected chi connectivity index (χ4v) is 3.63. The van der Waals surface area contributed by atoms with Gasteiger partial charge in [0, 0.05) is 19.5 Å². The first kappa shape index (κ1) is 20.3. The van der Waals surface area contributed by atoms with Crippen LogP contribution in [0.15, 0.2) is 53.1 Å². The molecule has 8 heteroatoms. The Kier molecular flexibility index (Phi) is 6.23. The summed E-state index contributed by atoms with van der Waals surface area (Å²) in [7, 11) is 1.62. The summed E-state index contributed by atoms with van der Waals surface area (Å²) in [6.07, 6.45) is 0.0259. The summed E-state index contributed by atoms with van der Waals surface area (Å²) in [5.41, 5.74) is 1.86. The smallest absolute Gasteiger partial charge is 0.324 e. The Hall–Kier alpha value is -3.00. The van der Waals surface area contributed by atoms with Crippen LogP contribution in [-0.4, -0.2) is 42.6 Å². The van der Waals surface area contributed by atoms with Gasteiger partial charge in [0.2, 0.25) is 0 Å². The van der Waals surface area contributed by atoms with Crippen molar-refractivity contribution in [2.45, 2.75) is 31.6 Å². The van der Waals surface area contributed by atoms with Crippen LogP contribution in [0.4, 0.5) is 14.8 Å². The van der Waals surface area contributed by atoms with Crippen LogP contribution in [-0.2, 0) is 13.0 Å². The van der Waals surface area contributed by atoms with Crippen LogP contribution in [0.1, 0.15) is 23.4 Å². The number of nitrogens with zero attached hydrogens (tertiary/aromatic N) is 3. The van der Waals surface area contributed by atoms with Gasteiger partial charge < -0.3 is 19.5 Å². The highest BCUT2D eigenvalue weighted by Crippen LogP contribution is 2.25. The van der Waals surface area contributed by atoms with Crippen LogP contribution in [0.5, 0.6) is 5.75 Å². The fourth-order valence-electron chi connectivity index (χ4n) is 3.63. The number of anilines is 1. The lowest BCUT2D eigenvalue weighted by molar-refractivity contribution is 0.215. The summed E-state index contributed by atoms with van der Waals surface area (Å²) in [5.74, 6) is 0.983. The fraction of sp³-hybridized carbons (Fsp3) is 0.364. The van der Waals surface area contributed by atoms with E-state index in [1.807, 2.05) is 24.3 Å². The van der Waals surface area contributed by atoms with E-state index >= 15 is 0 Å². The topological polar surface area (TPSA) is 63.4 Å². The molecule has 3 aromatic rings. The average Bonchev–Trinajstić information content (AvgIpc) is 3.23. The quantitative estimate of drug-likeness (QED) is 0.638. The maximum Gasteiger partial charge on any atom is 0.324 e. The molecule has 0 saturated carbocycles. The van der Waals surface area contributed by atoms with Gasteiger partial charge in [-0.15, -0.1) is 0 Å². The van der Waals surface area contributed by atoms with Crippen molar-refractivity contribution in [2.75, 3.05) is 25.1 Å². The molecule has 2 aromatic carbocycles. The SMILES string of the molecule is COc1ccc(Cc2noc(N(Cc3ccc(F)cc3)[C@@H]3CCNCC3F)n2)cc1. The largest absolute Gasteiger partial charge is 0.497 e. The number of ether oxygens (including phenoxy) is 1. The molecule has 1 aliphatic heterocycles. The van der Waals surface area contributed by atoms with Crippen molar-refractivity contribution >= 4 is 6.01 Å². The summed E-state index contributed by atoms with van der Waals surface area (Å²) in [5, 5.41) is 7.15. The second-order valence-electron chi connectivity index (χ2n) is 7.35. The standard InChI is InChI=1S/C22H24F2N4O2/c1-29-18-8-4-15(5-9-18)12-21-26-22(30-27-21)28(20-10-11-25-13-19(20)24)14-16-2-6-17(23)7-3-16/h2-9,19-20,25H,10-14H2,1H3/t19?,20-/m1/s1. The second kappa shape index (κ2) is 9.21. The molecule has 158 valence electrons. The van der Waals surface area contributed by atoms with Gasteiger partial charge in [-0.1, -0.05) is 29.4 Å². The Bertz CT molecular complexity index is 947. The zero-order valence-electron chi connectivity index (χ0n) is 16.7. The third-order valence-electron chi connectivity index (χ3n) is 5.26. The number of rotatable bonds is 7. The molecule has 1 fully saturated rings. The van der Waals surface area contributed by atoms with Gasteiger partial charge in [-0.3, -0.25) is 0 Å². The first-order valence-electron chi connectivity index (χ1n) is 9.94. The van der Waals surface area contributed by atoms with E-state index in [1.54, 1.807) is 24.1 Å². The summed E-state index contributed by atoms with van der Waals surface area (Å²) in [4.78, 5) is 6.32. The molecule has 1 aromatic heterocycles. The maximum absolute atomic E-state index is 14.7. The van der Waals surface area contributed by atoms with Crippen LogP contribution in [0.3, 0.4) is 0 Å². The minimum atomic E-state index is -1.07. The molecule has 0 radical (unpaired) electrons. The lowest BCUT2D eigenvalue weighted by atomic mass is 10.0. The van der Waals surface area contributed by atoms with E-state index in [4.69, 9.17) is 9.26 Å². The number of benzene rings is 2. The monoisotopic (exact) mass is 414 g/mol. The average molecular weight is 414 g/mol.